The number of ether oxygens (including phenoxy) is 2. The second kappa shape index (κ2) is 15.3. The van der Waals surface area contributed by atoms with Gasteiger partial charge in [0.05, 0.1) is 16.9 Å². The maximum atomic E-state index is 11.9. The lowest BCUT2D eigenvalue weighted by Crippen LogP contribution is -2.27. The molecule has 1 aliphatic heterocycles. The molecule has 13 nitrogen and oxygen atoms in total. The summed E-state index contributed by atoms with van der Waals surface area (Å²) >= 11 is 0. The first-order valence-corrected chi connectivity index (χ1v) is 12.6. The van der Waals surface area contributed by atoms with Crippen LogP contribution in [-0.2, 0) is 38.7 Å². The van der Waals surface area contributed by atoms with Crippen molar-refractivity contribution < 1.29 is 24.0 Å². The van der Waals surface area contributed by atoms with Gasteiger partial charge in [-0.05, 0) is 55.4 Å². The van der Waals surface area contributed by atoms with Gasteiger partial charge >= 0.3 is 5.69 Å². The third-order valence-corrected chi connectivity index (χ3v) is 5.94. The Morgan fingerprint density at radius 1 is 1.26 bits per heavy atom. The number of azo groups is 1. The molecule has 1 aliphatic rings. The van der Waals surface area contributed by atoms with Gasteiger partial charge < -0.3 is 19.7 Å². The number of nitro benzene ring substituents is 1. The SMILES string of the molecule is CCN(CC)CCCNOCc1cccc(N=N/C(=C/OC=N)OCc2ccc3c(c2)NC(=O)C3)c1[N+](=O)[O-]. The van der Waals surface area contributed by atoms with Crippen LogP contribution in [0, 0.1) is 15.5 Å². The van der Waals surface area contributed by atoms with Crippen LogP contribution in [0.2, 0.25) is 0 Å². The summed E-state index contributed by atoms with van der Waals surface area (Å²) in [6, 6.07) is 10.1. The van der Waals surface area contributed by atoms with Gasteiger partial charge in [0.15, 0.2) is 18.4 Å². The van der Waals surface area contributed by atoms with E-state index in [4.69, 9.17) is 19.7 Å². The number of hydrogen-bond donors (Lipinski definition) is 3. The van der Waals surface area contributed by atoms with Crippen molar-refractivity contribution in [3.8, 4) is 0 Å². The van der Waals surface area contributed by atoms with E-state index in [0.29, 0.717) is 24.9 Å². The molecule has 0 bridgehead atoms. The fraction of sp³-hybridized carbons (Fsp3) is 0.385. The molecule has 2 aromatic rings. The number of hydrogen-bond acceptors (Lipinski definition) is 11. The molecule has 0 spiro atoms. The van der Waals surface area contributed by atoms with Gasteiger partial charge in [-0.25, -0.2) is 5.48 Å². The lowest BCUT2D eigenvalue weighted by molar-refractivity contribution is -0.385. The Balaban J connectivity index is 1.64. The maximum Gasteiger partial charge on any atom is 0.302 e. The van der Waals surface area contributed by atoms with Crippen molar-refractivity contribution in [1.29, 1.82) is 5.41 Å². The van der Waals surface area contributed by atoms with E-state index in [1.54, 1.807) is 18.2 Å². The molecule has 39 heavy (non-hydrogen) atoms. The second-order valence-corrected chi connectivity index (χ2v) is 8.52. The predicted molar refractivity (Wildman–Crippen MR) is 144 cm³/mol. The molecule has 0 unspecified atom stereocenters. The van der Waals surface area contributed by atoms with E-state index >= 15 is 0 Å². The number of fused-ring (bicyclic) bond motifs is 1. The highest BCUT2D eigenvalue weighted by Gasteiger charge is 2.20. The summed E-state index contributed by atoms with van der Waals surface area (Å²) < 4.78 is 10.5. The molecule has 2 aromatic carbocycles. The molecule has 0 fully saturated rings. The Morgan fingerprint density at radius 2 is 2.08 bits per heavy atom. The highest BCUT2D eigenvalue weighted by Crippen LogP contribution is 2.32. The smallest absolute Gasteiger partial charge is 0.302 e. The standard InChI is InChI=1S/C26H33N7O6/c1-3-32(4-2)12-6-11-28-39-16-21-7-5-8-22(26(21)33(35)36)30-31-25(17-37-18-27)38-15-19-9-10-20-14-24(34)29-23(20)13-19/h5,7-10,13,17-18,27-28H,3-4,6,11-12,14-16H2,1-2H3,(H,29,34)/b25-17-,27-18?,31-30?. The van der Waals surface area contributed by atoms with Crippen LogP contribution < -0.4 is 10.8 Å². The van der Waals surface area contributed by atoms with Crippen molar-refractivity contribution in [2.45, 2.75) is 39.9 Å². The summed E-state index contributed by atoms with van der Waals surface area (Å²) in [7, 11) is 0. The number of nitrogens with zero attached hydrogens (tertiary/aromatic N) is 4. The first kappa shape index (κ1) is 29.4. The largest absolute Gasteiger partial charge is 0.470 e. The predicted octanol–water partition coefficient (Wildman–Crippen LogP) is 4.57. The van der Waals surface area contributed by atoms with Crippen molar-refractivity contribution >= 4 is 29.4 Å². The Morgan fingerprint density at radius 3 is 2.82 bits per heavy atom. The normalized spacial score (nSPS) is 13.0. The fourth-order valence-electron chi connectivity index (χ4n) is 3.89. The third-order valence-electron chi connectivity index (χ3n) is 5.94. The van der Waals surface area contributed by atoms with E-state index in [2.05, 4.69) is 39.8 Å². The van der Waals surface area contributed by atoms with Crippen molar-refractivity contribution in [1.82, 2.24) is 10.4 Å². The number of benzene rings is 2. The lowest BCUT2D eigenvalue weighted by atomic mass is 10.1. The number of anilines is 1. The van der Waals surface area contributed by atoms with E-state index in [0.717, 1.165) is 49.1 Å². The summed E-state index contributed by atoms with van der Waals surface area (Å²) in [5, 5.41) is 29.7. The second-order valence-electron chi connectivity index (χ2n) is 8.52. The van der Waals surface area contributed by atoms with Gasteiger partial charge in [-0.15, -0.1) is 10.2 Å². The molecule has 3 rings (SSSR count). The Bertz CT molecular complexity index is 1210. The molecular weight excluding hydrogens is 506 g/mol. The number of nitrogens with one attached hydrogen (secondary N) is 3. The summed E-state index contributed by atoms with van der Waals surface area (Å²) in [5.41, 5.74) is 5.32. The molecule has 0 aromatic heterocycles. The van der Waals surface area contributed by atoms with Gasteiger partial charge in [-0.2, -0.15) is 0 Å². The third kappa shape index (κ3) is 8.95. The zero-order valence-corrected chi connectivity index (χ0v) is 22.0. The van der Waals surface area contributed by atoms with Gasteiger partial charge in [-0.3, -0.25) is 25.2 Å². The number of carbonyl (C=O) groups excluding carboxylic acids is 1. The van der Waals surface area contributed by atoms with Crippen LogP contribution in [0.15, 0.2) is 58.8 Å². The Hall–Kier alpha value is -4.20. The number of hydroxylamine groups is 1. The maximum absolute atomic E-state index is 11.9. The number of carbonyl (C=O) groups is 1. The molecule has 0 atom stereocenters. The number of nitro groups is 1. The van der Waals surface area contributed by atoms with E-state index in [1.807, 2.05) is 12.1 Å². The first-order chi connectivity index (χ1) is 18.9. The van der Waals surface area contributed by atoms with Gasteiger partial charge in [-0.1, -0.05) is 32.0 Å². The summed E-state index contributed by atoms with van der Waals surface area (Å²) in [5.74, 6) is -0.175. The van der Waals surface area contributed by atoms with Crippen molar-refractivity contribution in [3.05, 3.63) is 75.3 Å². The van der Waals surface area contributed by atoms with Crippen LogP contribution in [0.5, 0.6) is 0 Å². The van der Waals surface area contributed by atoms with Gasteiger partial charge in [0, 0.05) is 12.2 Å². The molecule has 1 heterocycles. The van der Waals surface area contributed by atoms with Crippen LogP contribution in [0.1, 0.15) is 37.0 Å². The topological polar surface area (TPSA) is 164 Å². The number of amides is 1. The minimum atomic E-state index is -0.537. The summed E-state index contributed by atoms with van der Waals surface area (Å²) in [6.45, 7) is 7.75. The monoisotopic (exact) mass is 539 g/mol. The minimum absolute atomic E-state index is 0.00669. The highest BCUT2D eigenvalue weighted by atomic mass is 16.6. The Kier molecular flexibility index (Phi) is 11.5. The molecule has 208 valence electrons. The van der Waals surface area contributed by atoms with Gasteiger partial charge in [0.25, 0.3) is 5.88 Å². The van der Waals surface area contributed by atoms with Crippen LogP contribution in [-0.4, -0.2) is 48.3 Å². The highest BCUT2D eigenvalue weighted by molar-refractivity contribution is 5.99. The molecule has 0 aliphatic carbocycles. The first-order valence-electron chi connectivity index (χ1n) is 12.6. The molecule has 0 saturated carbocycles. The quantitative estimate of drug-likeness (QED) is 0.0501. The molecule has 13 heteroatoms. The molecular formula is C26H33N7O6. The number of para-hydroxylation sites is 1. The molecule has 0 saturated heterocycles. The van der Waals surface area contributed by atoms with Crippen molar-refractivity contribution in [2.75, 3.05) is 31.5 Å². The molecule has 1 amide bonds. The van der Waals surface area contributed by atoms with Crippen LogP contribution in [0.25, 0.3) is 0 Å². The van der Waals surface area contributed by atoms with E-state index in [1.165, 1.54) is 6.07 Å². The minimum Gasteiger partial charge on any atom is -0.470 e. The molecule has 3 N–H and O–H groups in total. The van der Waals surface area contributed by atoms with Crippen molar-refractivity contribution in [2.24, 2.45) is 10.2 Å². The van der Waals surface area contributed by atoms with Crippen LogP contribution >= 0.6 is 0 Å². The Labute approximate surface area is 226 Å². The molecule has 0 radical (unpaired) electrons. The van der Waals surface area contributed by atoms with Crippen LogP contribution in [0.3, 0.4) is 0 Å². The van der Waals surface area contributed by atoms with Crippen LogP contribution in [0.4, 0.5) is 17.1 Å². The van der Waals surface area contributed by atoms with E-state index in [9.17, 15) is 14.9 Å². The summed E-state index contributed by atoms with van der Waals surface area (Å²) in [6.07, 6.45) is 2.95. The zero-order valence-electron chi connectivity index (χ0n) is 22.0. The number of rotatable bonds is 17. The average Bonchev–Trinajstić information content (AvgIpc) is 3.31. The van der Waals surface area contributed by atoms with Crippen molar-refractivity contribution in [3.63, 3.8) is 0 Å². The van der Waals surface area contributed by atoms with Gasteiger partial charge in [0.2, 0.25) is 5.91 Å². The van der Waals surface area contributed by atoms with E-state index in [-0.39, 0.29) is 36.4 Å². The van der Waals surface area contributed by atoms with Gasteiger partial charge in [0.1, 0.15) is 13.2 Å². The van der Waals surface area contributed by atoms with E-state index < -0.39 is 4.92 Å². The average molecular weight is 540 g/mol. The summed E-state index contributed by atoms with van der Waals surface area (Å²) in [4.78, 5) is 30.7. The lowest BCUT2D eigenvalue weighted by Gasteiger charge is -2.17. The zero-order chi connectivity index (χ0) is 28.0. The fourth-order valence-corrected chi connectivity index (χ4v) is 3.89.